The summed E-state index contributed by atoms with van der Waals surface area (Å²) in [5, 5.41) is 0. The first-order chi connectivity index (χ1) is 14.5. The van der Waals surface area contributed by atoms with Gasteiger partial charge in [-0.2, -0.15) is 13.2 Å². The van der Waals surface area contributed by atoms with Crippen molar-refractivity contribution in [1.29, 1.82) is 0 Å². The number of fused-ring (bicyclic) bond motifs is 1. The van der Waals surface area contributed by atoms with Crippen molar-refractivity contribution in [3.05, 3.63) is 30.2 Å². The Morgan fingerprint density at radius 3 is 2.55 bits per heavy atom. The van der Waals surface area contributed by atoms with E-state index >= 15 is 0 Å². The number of cyclic esters (lactones) is 1. The van der Waals surface area contributed by atoms with Crippen molar-refractivity contribution in [1.82, 2.24) is 19.5 Å². The summed E-state index contributed by atoms with van der Waals surface area (Å²) in [4.78, 5) is 24.8. The largest absolute Gasteiger partial charge is 0.447 e. The number of aryl methyl sites for hydroxylation is 1. The third-order valence-electron chi connectivity index (χ3n) is 4.90. The standard InChI is InChI=1S/C18H16F3N5O4S/c1-3-31(28,29)13-6-10(26-4-5-30-17(26)27)8-23-15(13)16-24-11-7-14(18(19,20)21)22-9-12(11)25(16)2/h6-9H,3-5H2,1-2H3. The van der Waals surface area contributed by atoms with Gasteiger partial charge in [0.1, 0.15) is 18.0 Å². The van der Waals surface area contributed by atoms with E-state index < -0.39 is 27.8 Å². The van der Waals surface area contributed by atoms with E-state index in [9.17, 15) is 26.4 Å². The minimum Gasteiger partial charge on any atom is -0.447 e. The van der Waals surface area contributed by atoms with Crippen LogP contribution in [0.1, 0.15) is 12.6 Å². The first-order valence-electron chi connectivity index (χ1n) is 9.10. The molecule has 164 valence electrons. The third-order valence-corrected chi connectivity index (χ3v) is 6.64. The second-order valence-corrected chi connectivity index (χ2v) is 9.01. The molecular formula is C18H16F3N5O4S. The predicted molar refractivity (Wildman–Crippen MR) is 103 cm³/mol. The van der Waals surface area contributed by atoms with Gasteiger partial charge in [0.25, 0.3) is 0 Å². The van der Waals surface area contributed by atoms with Crippen LogP contribution in [0.5, 0.6) is 0 Å². The highest BCUT2D eigenvalue weighted by molar-refractivity contribution is 7.91. The van der Waals surface area contributed by atoms with Gasteiger partial charge >= 0.3 is 12.3 Å². The third kappa shape index (κ3) is 3.58. The number of hydrogen-bond acceptors (Lipinski definition) is 7. The zero-order chi connectivity index (χ0) is 22.6. The number of nitrogens with zero attached hydrogens (tertiary/aromatic N) is 5. The first kappa shape index (κ1) is 21.0. The molecule has 0 aromatic carbocycles. The maximum Gasteiger partial charge on any atom is 0.433 e. The maximum absolute atomic E-state index is 13.0. The number of hydrogen-bond donors (Lipinski definition) is 0. The van der Waals surface area contributed by atoms with Gasteiger partial charge in [0, 0.05) is 7.05 Å². The van der Waals surface area contributed by atoms with Gasteiger partial charge in [-0.05, 0) is 12.1 Å². The molecular weight excluding hydrogens is 439 g/mol. The van der Waals surface area contributed by atoms with E-state index in [4.69, 9.17) is 4.74 Å². The van der Waals surface area contributed by atoms with Gasteiger partial charge in [-0.25, -0.2) is 28.2 Å². The Balaban J connectivity index is 1.92. The second kappa shape index (κ2) is 7.18. The molecule has 4 heterocycles. The minimum absolute atomic E-state index is 0.00586. The number of ether oxygens (including phenoxy) is 1. The van der Waals surface area contributed by atoms with Crippen molar-refractivity contribution in [2.45, 2.75) is 18.0 Å². The molecule has 0 saturated carbocycles. The van der Waals surface area contributed by atoms with Crippen molar-refractivity contribution < 1.29 is 31.1 Å². The number of halogens is 3. The highest BCUT2D eigenvalue weighted by atomic mass is 32.2. The average Bonchev–Trinajstić information content (AvgIpc) is 3.30. The molecule has 0 unspecified atom stereocenters. The number of anilines is 1. The normalized spacial score (nSPS) is 15.0. The molecule has 1 aliphatic heterocycles. The lowest BCUT2D eigenvalue weighted by atomic mass is 10.3. The Bertz CT molecular complexity index is 1300. The molecule has 0 atom stereocenters. The van der Waals surface area contributed by atoms with Crippen LogP contribution in [0.3, 0.4) is 0 Å². The fourth-order valence-electron chi connectivity index (χ4n) is 3.23. The van der Waals surface area contributed by atoms with E-state index in [2.05, 4.69) is 15.0 Å². The summed E-state index contributed by atoms with van der Waals surface area (Å²) in [6, 6.07) is 2.09. The molecule has 1 saturated heterocycles. The monoisotopic (exact) mass is 455 g/mol. The lowest BCUT2D eigenvalue weighted by Gasteiger charge is -2.15. The molecule has 1 amide bonds. The zero-order valence-corrected chi connectivity index (χ0v) is 17.2. The van der Waals surface area contributed by atoms with Gasteiger partial charge in [0.05, 0.1) is 46.3 Å². The molecule has 3 aromatic heterocycles. The van der Waals surface area contributed by atoms with Crippen LogP contribution >= 0.6 is 0 Å². The Morgan fingerprint density at radius 1 is 1.19 bits per heavy atom. The number of amides is 1. The number of sulfone groups is 1. The van der Waals surface area contributed by atoms with Gasteiger partial charge < -0.3 is 9.30 Å². The van der Waals surface area contributed by atoms with Gasteiger partial charge in [0.15, 0.2) is 15.7 Å². The molecule has 9 nitrogen and oxygen atoms in total. The van der Waals surface area contributed by atoms with Crippen LogP contribution in [0.15, 0.2) is 29.4 Å². The number of alkyl halides is 3. The number of carbonyl (C=O) groups excluding carboxylic acids is 1. The summed E-state index contributed by atoms with van der Waals surface area (Å²) in [5.74, 6) is -0.196. The molecule has 1 aliphatic rings. The smallest absolute Gasteiger partial charge is 0.433 e. The van der Waals surface area contributed by atoms with E-state index in [0.717, 1.165) is 12.3 Å². The zero-order valence-electron chi connectivity index (χ0n) is 16.3. The van der Waals surface area contributed by atoms with Crippen molar-refractivity contribution in [3.8, 4) is 11.5 Å². The van der Waals surface area contributed by atoms with E-state index in [0.29, 0.717) is 0 Å². The summed E-state index contributed by atoms with van der Waals surface area (Å²) < 4.78 is 70.9. The molecule has 3 aromatic rings. The quantitative estimate of drug-likeness (QED) is 0.595. The summed E-state index contributed by atoms with van der Waals surface area (Å²) in [7, 11) is -2.30. The van der Waals surface area contributed by atoms with Crippen LogP contribution in [0, 0.1) is 0 Å². The van der Waals surface area contributed by atoms with E-state index in [1.165, 1.54) is 35.7 Å². The topological polar surface area (TPSA) is 107 Å². The SMILES string of the molecule is CCS(=O)(=O)c1cc(N2CCOC2=O)cnc1-c1nc2cc(C(F)(F)F)ncc2n1C. The fourth-order valence-corrected chi connectivity index (χ4v) is 4.28. The minimum atomic E-state index is -4.65. The Kier molecular flexibility index (Phi) is 4.87. The number of pyridine rings is 2. The summed E-state index contributed by atoms with van der Waals surface area (Å²) in [6.07, 6.45) is -2.94. The number of imidazole rings is 1. The van der Waals surface area contributed by atoms with Crippen molar-refractivity contribution in [2.75, 3.05) is 23.8 Å². The predicted octanol–water partition coefficient (Wildman–Crippen LogP) is 2.80. The van der Waals surface area contributed by atoms with Crippen LogP contribution in [-0.2, 0) is 27.8 Å². The molecule has 31 heavy (non-hydrogen) atoms. The highest BCUT2D eigenvalue weighted by Crippen LogP contribution is 2.33. The molecule has 4 rings (SSSR count). The molecule has 0 bridgehead atoms. The van der Waals surface area contributed by atoms with Crippen LogP contribution < -0.4 is 4.90 Å². The molecule has 1 fully saturated rings. The van der Waals surface area contributed by atoms with Crippen LogP contribution in [0.2, 0.25) is 0 Å². The molecule has 13 heteroatoms. The molecule has 0 spiro atoms. The number of carbonyl (C=O) groups is 1. The molecule has 0 aliphatic carbocycles. The summed E-state index contributed by atoms with van der Waals surface area (Å²) >= 11 is 0. The first-order valence-corrected chi connectivity index (χ1v) is 10.8. The van der Waals surface area contributed by atoms with E-state index in [-0.39, 0.29) is 52.0 Å². The van der Waals surface area contributed by atoms with Crippen LogP contribution in [0.25, 0.3) is 22.6 Å². The van der Waals surface area contributed by atoms with Crippen LogP contribution in [-0.4, -0.2) is 52.9 Å². The van der Waals surface area contributed by atoms with Crippen molar-refractivity contribution >= 4 is 32.7 Å². The summed E-state index contributed by atoms with van der Waals surface area (Å²) in [5.41, 5.74) is -0.643. The lowest BCUT2D eigenvalue weighted by molar-refractivity contribution is -0.141. The maximum atomic E-state index is 13.0. The van der Waals surface area contributed by atoms with E-state index in [1.54, 1.807) is 0 Å². The Hall–Kier alpha value is -3.22. The van der Waals surface area contributed by atoms with Gasteiger partial charge in [0.2, 0.25) is 0 Å². The highest BCUT2D eigenvalue weighted by Gasteiger charge is 2.33. The molecule has 0 N–H and O–H groups in total. The van der Waals surface area contributed by atoms with Gasteiger partial charge in [-0.1, -0.05) is 6.92 Å². The number of aromatic nitrogens is 4. The van der Waals surface area contributed by atoms with E-state index in [1.807, 2.05) is 0 Å². The fraction of sp³-hybridized carbons (Fsp3) is 0.333. The summed E-state index contributed by atoms with van der Waals surface area (Å²) in [6.45, 7) is 1.85. The number of rotatable bonds is 4. The van der Waals surface area contributed by atoms with Crippen molar-refractivity contribution in [2.24, 2.45) is 7.05 Å². The Morgan fingerprint density at radius 2 is 1.94 bits per heavy atom. The van der Waals surface area contributed by atoms with Gasteiger partial charge in [-0.3, -0.25) is 4.90 Å². The van der Waals surface area contributed by atoms with Crippen molar-refractivity contribution in [3.63, 3.8) is 0 Å². The van der Waals surface area contributed by atoms with Crippen LogP contribution in [0.4, 0.5) is 23.7 Å². The molecule has 0 radical (unpaired) electrons. The second-order valence-electron chi connectivity index (χ2n) is 6.76. The lowest BCUT2D eigenvalue weighted by Crippen LogP contribution is -2.24. The Labute approximate surface area is 174 Å². The van der Waals surface area contributed by atoms with Gasteiger partial charge in [-0.15, -0.1) is 0 Å². The average molecular weight is 455 g/mol.